The van der Waals surface area contributed by atoms with Gasteiger partial charge in [0.15, 0.2) is 0 Å². The highest BCUT2D eigenvalue weighted by molar-refractivity contribution is 6.31. The minimum atomic E-state index is 0.737. The Balaban J connectivity index is 2.02. The molecular formula is C23H18ClN. The first-order valence-electron chi connectivity index (χ1n) is 8.40. The van der Waals surface area contributed by atoms with Crippen molar-refractivity contribution in [2.24, 2.45) is 0 Å². The molecule has 1 heterocycles. The summed E-state index contributed by atoms with van der Waals surface area (Å²) in [5.41, 5.74) is 7.02. The molecule has 0 atom stereocenters. The van der Waals surface area contributed by atoms with Gasteiger partial charge in [-0.2, -0.15) is 0 Å². The van der Waals surface area contributed by atoms with E-state index in [-0.39, 0.29) is 0 Å². The van der Waals surface area contributed by atoms with Gasteiger partial charge in [-0.05, 0) is 53.8 Å². The molecule has 4 rings (SSSR count). The second-order valence-electron chi connectivity index (χ2n) is 6.24. The number of pyridine rings is 1. The SMILES string of the molecule is Cc1nc2ccc(Cl)cc2c(-c2ccccc2)c1Cc1ccccc1. The van der Waals surface area contributed by atoms with E-state index in [2.05, 4.69) is 55.5 Å². The smallest absolute Gasteiger partial charge is 0.0712 e. The second kappa shape index (κ2) is 6.70. The lowest BCUT2D eigenvalue weighted by Crippen LogP contribution is -2.00. The molecule has 0 aliphatic rings. The molecule has 0 spiro atoms. The Morgan fingerprint density at radius 2 is 1.52 bits per heavy atom. The van der Waals surface area contributed by atoms with Crippen LogP contribution in [0.5, 0.6) is 0 Å². The van der Waals surface area contributed by atoms with E-state index in [0.29, 0.717) is 0 Å². The van der Waals surface area contributed by atoms with Crippen molar-refractivity contribution in [1.29, 1.82) is 0 Å². The molecule has 122 valence electrons. The lowest BCUT2D eigenvalue weighted by Gasteiger charge is -2.16. The van der Waals surface area contributed by atoms with Gasteiger partial charge in [-0.3, -0.25) is 4.98 Å². The summed E-state index contributed by atoms with van der Waals surface area (Å²) >= 11 is 6.30. The van der Waals surface area contributed by atoms with Crippen molar-refractivity contribution in [2.45, 2.75) is 13.3 Å². The van der Waals surface area contributed by atoms with Gasteiger partial charge in [-0.25, -0.2) is 0 Å². The summed E-state index contributed by atoms with van der Waals surface area (Å²) in [6.45, 7) is 2.10. The first-order chi connectivity index (χ1) is 12.2. The molecule has 0 saturated carbocycles. The normalized spacial score (nSPS) is 11.0. The third-order valence-corrected chi connectivity index (χ3v) is 4.78. The van der Waals surface area contributed by atoms with Crippen LogP contribution in [0.15, 0.2) is 78.9 Å². The zero-order chi connectivity index (χ0) is 17.2. The van der Waals surface area contributed by atoms with E-state index in [4.69, 9.17) is 16.6 Å². The van der Waals surface area contributed by atoms with Crippen LogP contribution in [0.1, 0.15) is 16.8 Å². The average molecular weight is 344 g/mol. The standard InChI is InChI=1S/C23H18ClN/c1-16-20(14-17-8-4-2-5-9-17)23(18-10-6-3-7-11-18)21-15-19(24)12-13-22(21)25-16/h2-13,15H,14H2,1H3. The Morgan fingerprint density at radius 1 is 0.840 bits per heavy atom. The largest absolute Gasteiger partial charge is 0.253 e. The molecular weight excluding hydrogens is 326 g/mol. The van der Waals surface area contributed by atoms with Crippen LogP contribution in [0.3, 0.4) is 0 Å². The lowest BCUT2D eigenvalue weighted by molar-refractivity contribution is 1.11. The molecule has 0 fully saturated rings. The van der Waals surface area contributed by atoms with Crippen LogP contribution in [0.2, 0.25) is 5.02 Å². The van der Waals surface area contributed by atoms with E-state index in [1.54, 1.807) is 0 Å². The van der Waals surface area contributed by atoms with Gasteiger partial charge in [0.1, 0.15) is 0 Å². The van der Waals surface area contributed by atoms with Gasteiger partial charge in [-0.15, -0.1) is 0 Å². The number of benzene rings is 3. The second-order valence-corrected chi connectivity index (χ2v) is 6.68. The van der Waals surface area contributed by atoms with Crippen LogP contribution in [0.25, 0.3) is 22.0 Å². The van der Waals surface area contributed by atoms with E-state index in [1.807, 2.05) is 30.3 Å². The van der Waals surface area contributed by atoms with Crippen molar-refractivity contribution in [3.63, 3.8) is 0 Å². The number of nitrogens with zero attached hydrogens (tertiary/aromatic N) is 1. The topological polar surface area (TPSA) is 12.9 Å². The van der Waals surface area contributed by atoms with Crippen molar-refractivity contribution in [2.75, 3.05) is 0 Å². The molecule has 0 amide bonds. The lowest BCUT2D eigenvalue weighted by atomic mass is 9.91. The number of halogens is 1. The molecule has 4 aromatic rings. The fourth-order valence-corrected chi connectivity index (χ4v) is 3.52. The van der Waals surface area contributed by atoms with Crippen LogP contribution in [0.4, 0.5) is 0 Å². The van der Waals surface area contributed by atoms with Gasteiger partial charge in [-0.1, -0.05) is 72.3 Å². The van der Waals surface area contributed by atoms with E-state index >= 15 is 0 Å². The Labute approximate surface area is 152 Å². The number of hydrogen-bond donors (Lipinski definition) is 0. The number of hydrogen-bond acceptors (Lipinski definition) is 1. The Kier molecular flexibility index (Phi) is 4.25. The van der Waals surface area contributed by atoms with Gasteiger partial charge in [0.05, 0.1) is 5.52 Å². The zero-order valence-corrected chi connectivity index (χ0v) is 14.8. The van der Waals surface area contributed by atoms with E-state index < -0.39 is 0 Å². The minimum Gasteiger partial charge on any atom is -0.253 e. The van der Waals surface area contributed by atoms with E-state index in [1.165, 1.54) is 22.3 Å². The number of aryl methyl sites for hydroxylation is 1. The predicted octanol–water partition coefficient (Wildman–Crippen LogP) is 6.45. The highest BCUT2D eigenvalue weighted by atomic mass is 35.5. The summed E-state index contributed by atoms with van der Waals surface area (Å²) in [7, 11) is 0. The van der Waals surface area contributed by atoms with Gasteiger partial charge in [0.25, 0.3) is 0 Å². The van der Waals surface area contributed by atoms with Gasteiger partial charge in [0, 0.05) is 16.1 Å². The Morgan fingerprint density at radius 3 is 2.24 bits per heavy atom. The van der Waals surface area contributed by atoms with Crippen molar-refractivity contribution >= 4 is 22.5 Å². The van der Waals surface area contributed by atoms with Crippen molar-refractivity contribution in [3.8, 4) is 11.1 Å². The maximum absolute atomic E-state index is 6.30. The van der Waals surface area contributed by atoms with Gasteiger partial charge >= 0.3 is 0 Å². The Hall–Kier alpha value is -2.64. The molecule has 1 aromatic heterocycles. The van der Waals surface area contributed by atoms with Crippen LogP contribution in [-0.4, -0.2) is 4.98 Å². The predicted molar refractivity (Wildman–Crippen MR) is 106 cm³/mol. The fourth-order valence-electron chi connectivity index (χ4n) is 3.35. The number of aromatic nitrogens is 1. The molecule has 0 saturated heterocycles. The minimum absolute atomic E-state index is 0.737. The summed E-state index contributed by atoms with van der Waals surface area (Å²) < 4.78 is 0. The summed E-state index contributed by atoms with van der Waals surface area (Å²) in [5, 5.41) is 1.84. The molecule has 0 bridgehead atoms. The maximum atomic E-state index is 6.30. The van der Waals surface area contributed by atoms with Crippen LogP contribution in [-0.2, 0) is 6.42 Å². The molecule has 0 aliphatic carbocycles. The van der Waals surface area contributed by atoms with E-state index in [0.717, 1.165) is 28.0 Å². The highest BCUT2D eigenvalue weighted by Gasteiger charge is 2.15. The summed E-state index contributed by atoms with van der Waals surface area (Å²) in [4.78, 5) is 4.84. The molecule has 0 N–H and O–H groups in total. The van der Waals surface area contributed by atoms with Gasteiger partial charge < -0.3 is 0 Å². The monoisotopic (exact) mass is 343 g/mol. The molecule has 0 aliphatic heterocycles. The maximum Gasteiger partial charge on any atom is 0.0712 e. The van der Waals surface area contributed by atoms with Crippen LogP contribution in [0, 0.1) is 6.92 Å². The molecule has 2 heteroatoms. The quantitative estimate of drug-likeness (QED) is 0.416. The van der Waals surface area contributed by atoms with Gasteiger partial charge in [0.2, 0.25) is 0 Å². The van der Waals surface area contributed by atoms with Crippen molar-refractivity contribution < 1.29 is 0 Å². The molecule has 1 nitrogen and oxygen atoms in total. The molecule has 3 aromatic carbocycles. The van der Waals surface area contributed by atoms with E-state index in [9.17, 15) is 0 Å². The van der Waals surface area contributed by atoms with Crippen LogP contribution >= 0.6 is 11.6 Å². The Bertz CT molecular complexity index is 1020. The molecule has 0 unspecified atom stereocenters. The third kappa shape index (κ3) is 3.16. The number of fused-ring (bicyclic) bond motifs is 1. The molecule has 25 heavy (non-hydrogen) atoms. The van der Waals surface area contributed by atoms with Crippen molar-refractivity contribution in [3.05, 3.63) is 101 Å². The fraction of sp³-hybridized carbons (Fsp3) is 0.0870. The highest BCUT2D eigenvalue weighted by Crippen LogP contribution is 2.35. The number of rotatable bonds is 3. The molecule has 0 radical (unpaired) electrons. The summed E-state index contributed by atoms with van der Waals surface area (Å²) in [6.07, 6.45) is 0.854. The van der Waals surface area contributed by atoms with Crippen LogP contribution < -0.4 is 0 Å². The third-order valence-electron chi connectivity index (χ3n) is 4.54. The first-order valence-corrected chi connectivity index (χ1v) is 8.78. The first kappa shape index (κ1) is 15.9. The zero-order valence-electron chi connectivity index (χ0n) is 14.0. The van der Waals surface area contributed by atoms with Crippen molar-refractivity contribution in [1.82, 2.24) is 4.98 Å². The summed E-state index contributed by atoms with van der Waals surface area (Å²) in [6, 6.07) is 27.0. The average Bonchev–Trinajstić information content (AvgIpc) is 2.64. The summed E-state index contributed by atoms with van der Waals surface area (Å²) in [5.74, 6) is 0.